The Hall–Kier alpha value is -0.830. The highest BCUT2D eigenvalue weighted by atomic mass is 15.3. The summed E-state index contributed by atoms with van der Waals surface area (Å²) in [4.78, 5) is 0. The van der Waals surface area contributed by atoms with Crippen molar-refractivity contribution < 1.29 is 0 Å². The Morgan fingerprint density at radius 1 is 1.57 bits per heavy atom. The highest BCUT2D eigenvalue weighted by molar-refractivity contribution is 5.03. The van der Waals surface area contributed by atoms with Crippen LogP contribution in [0.3, 0.4) is 0 Å². The molecule has 3 nitrogen and oxygen atoms in total. The molecule has 80 valence electrons. The molecular formula is C11H21N3. The third kappa shape index (κ3) is 3.50. The van der Waals surface area contributed by atoms with Crippen LogP contribution in [0.15, 0.2) is 12.4 Å². The third-order valence-corrected chi connectivity index (χ3v) is 2.49. The molecule has 1 N–H and O–H groups in total. The first-order valence-corrected chi connectivity index (χ1v) is 5.42. The average Bonchev–Trinajstić information content (AvgIpc) is 2.63. The fourth-order valence-electron chi connectivity index (χ4n) is 1.57. The molecule has 14 heavy (non-hydrogen) atoms. The van der Waals surface area contributed by atoms with Gasteiger partial charge in [-0.25, -0.2) is 0 Å². The van der Waals surface area contributed by atoms with Gasteiger partial charge in [-0.3, -0.25) is 4.68 Å². The third-order valence-electron chi connectivity index (χ3n) is 2.49. The van der Waals surface area contributed by atoms with Crippen LogP contribution in [-0.2, 0) is 13.0 Å². The monoisotopic (exact) mass is 195 g/mol. The summed E-state index contributed by atoms with van der Waals surface area (Å²) >= 11 is 0. The molecule has 0 aromatic carbocycles. The molecule has 1 atom stereocenters. The lowest BCUT2D eigenvalue weighted by molar-refractivity contribution is 0.504. The number of hydrogen-bond donors (Lipinski definition) is 1. The van der Waals surface area contributed by atoms with Gasteiger partial charge in [-0.05, 0) is 44.8 Å². The van der Waals surface area contributed by atoms with Crippen molar-refractivity contribution in [2.75, 3.05) is 13.6 Å². The Morgan fingerprint density at radius 2 is 2.36 bits per heavy atom. The number of aryl methyl sites for hydroxylation is 2. The fraction of sp³-hybridized carbons (Fsp3) is 0.727. The topological polar surface area (TPSA) is 29.9 Å². The standard InChI is InChI=1S/C11H21N3/c1-4-14-9-11(8-13-14)6-5-10(2)7-12-3/h8-10,12H,4-7H2,1-3H3. The molecule has 0 saturated heterocycles. The highest BCUT2D eigenvalue weighted by Gasteiger charge is 2.02. The van der Waals surface area contributed by atoms with E-state index in [1.807, 2.05) is 17.9 Å². The Morgan fingerprint density at radius 3 is 2.93 bits per heavy atom. The molecule has 0 saturated carbocycles. The maximum absolute atomic E-state index is 4.26. The first kappa shape index (κ1) is 11.2. The number of rotatable bonds is 6. The fourth-order valence-corrected chi connectivity index (χ4v) is 1.57. The predicted molar refractivity (Wildman–Crippen MR) is 59.3 cm³/mol. The van der Waals surface area contributed by atoms with E-state index in [-0.39, 0.29) is 0 Å². The molecule has 0 aliphatic carbocycles. The van der Waals surface area contributed by atoms with E-state index in [4.69, 9.17) is 0 Å². The summed E-state index contributed by atoms with van der Waals surface area (Å²) in [6.45, 7) is 6.45. The van der Waals surface area contributed by atoms with Crippen molar-refractivity contribution in [1.82, 2.24) is 15.1 Å². The molecule has 1 unspecified atom stereocenters. The maximum atomic E-state index is 4.26. The van der Waals surface area contributed by atoms with Gasteiger partial charge in [-0.1, -0.05) is 6.92 Å². The second-order valence-electron chi connectivity index (χ2n) is 3.91. The maximum Gasteiger partial charge on any atom is 0.0521 e. The van der Waals surface area contributed by atoms with Crippen molar-refractivity contribution >= 4 is 0 Å². The Balaban J connectivity index is 2.30. The largest absolute Gasteiger partial charge is 0.319 e. The van der Waals surface area contributed by atoms with E-state index < -0.39 is 0 Å². The predicted octanol–water partition coefficient (Wildman–Crippen LogP) is 1.69. The van der Waals surface area contributed by atoms with Crippen LogP contribution in [0.4, 0.5) is 0 Å². The molecular weight excluding hydrogens is 174 g/mol. The summed E-state index contributed by atoms with van der Waals surface area (Å²) in [5.74, 6) is 0.741. The van der Waals surface area contributed by atoms with Crippen LogP contribution >= 0.6 is 0 Å². The minimum atomic E-state index is 0.741. The number of hydrogen-bond acceptors (Lipinski definition) is 2. The summed E-state index contributed by atoms with van der Waals surface area (Å²) in [6, 6.07) is 0. The zero-order chi connectivity index (χ0) is 10.4. The lowest BCUT2D eigenvalue weighted by atomic mass is 10.0. The van der Waals surface area contributed by atoms with Crippen molar-refractivity contribution in [1.29, 1.82) is 0 Å². The minimum Gasteiger partial charge on any atom is -0.319 e. The summed E-state index contributed by atoms with van der Waals surface area (Å²) in [5, 5.41) is 7.46. The van der Waals surface area contributed by atoms with Crippen LogP contribution in [-0.4, -0.2) is 23.4 Å². The van der Waals surface area contributed by atoms with Crippen molar-refractivity contribution in [2.45, 2.75) is 33.2 Å². The molecule has 0 spiro atoms. The lowest BCUT2D eigenvalue weighted by Gasteiger charge is -2.08. The number of aromatic nitrogens is 2. The van der Waals surface area contributed by atoms with Gasteiger partial charge in [0.25, 0.3) is 0 Å². The first-order valence-electron chi connectivity index (χ1n) is 5.42. The zero-order valence-corrected chi connectivity index (χ0v) is 9.45. The molecule has 1 heterocycles. The van der Waals surface area contributed by atoms with Crippen molar-refractivity contribution in [3.05, 3.63) is 18.0 Å². The first-order chi connectivity index (χ1) is 6.76. The van der Waals surface area contributed by atoms with E-state index >= 15 is 0 Å². The molecule has 0 aliphatic rings. The van der Waals surface area contributed by atoms with E-state index in [0.29, 0.717) is 0 Å². The van der Waals surface area contributed by atoms with E-state index in [9.17, 15) is 0 Å². The van der Waals surface area contributed by atoms with E-state index in [0.717, 1.165) is 25.4 Å². The summed E-state index contributed by atoms with van der Waals surface area (Å²) in [5.41, 5.74) is 1.36. The van der Waals surface area contributed by atoms with Crippen LogP contribution in [0, 0.1) is 5.92 Å². The molecule has 0 amide bonds. The van der Waals surface area contributed by atoms with Gasteiger partial charge < -0.3 is 5.32 Å². The molecule has 0 fully saturated rings. The molecule has 3 heteroatoms. The molecule has 0 radical (unpaired) electrons. The van der Waals surface area contributed by atoms with Crippen LogP contribution in [0.25, 0.3) is 0 Å². The Bertz CT molecular complexity index is 255. The lowest BCUT2D eigenvalue weighted by Crippen LogP contribution is -2.16. The number of nitrogens with zero attached hydrogens (tertiary/aromatic N) is 2. The van der Waals surface area contributed by atoms with Gasteiger partial charge >= 0.3 is 0 Å². The summed E-state index contributed by atoms with van der Waals surface area (Å²) in [7, 11) is 2.01. The minimum absolute atomic E-state index is 0.741. The molecule has 0 bridgehead atoms. The molecule has 1 rings (SSSR count). The Labute approximate surface area is 86.5 Å². The molecule has 1 aromatic heterocycles. The average molecular weight is 195 g/mol. The van der Waals surface area contributed by atoms with Gasteiger partial charge in [-0.2, -0.15) is 5.10 Å². The van der Waals surface area contributed by atoms with Crippen molar-refractivity contribution in [3.63, 3.8) is 0 Å². The summed E-state index contributed by atoms with van der Waals surface area (Å²) < 4.78 is 1.98. The van der Waals surface area contributed by atoms with E-state index in [2.05, 4.69) is 30.5 Å². The second kappa shape index (κ2) is 5.81. The van der Waals surface area contributed by atoms with Crippen LogP contribution in [0.5, 0.6) is 0 Å². The second-order valence-corrected chi connectivity index (χ2v) is 3.91. The van der Waals surface area contributed by atoms with Crippen LogP contribution in [0.2, 0.25) is 0 Å². The van der Waals surface area contributed by atoms with Crippen LogP contribution in [0.1, 0.15) is 25.8 Å². The summed E-state index contributed by atoms with van der Waals surface area (Å²) in [6.07, 6.45) is 6.50. The van der Waals surface area contributed by atoms with Gasteiger partial charge in [0.05, 0.1) is 6.20 Å². The zero-order valence-electron chi connectivity index (χ0n) is 9.45. The molecule has 0 aliphatic heterocycles. The van der Waals surface area contributed by atoms with E-state index in [1.54, 1.807) is 0 Å². The molecule has 1 aromatic rings. The van der Waals surface area contributed by atoms with Gasteiger partial charge in [0.2, 0.25) is 0 Å². The van der Waals surface area contributed by atoms with Gasteiger partial charge in [0, 0.05) is 12.7 Å². The normalized spacial score (nSPS) is 13.1. The quantitative estimate of drug-likeness (QED) is 0.748. The van der Waals surface area contributed by atoms with Crippen molar-refractivity contribution in [3.8, 4) is 0 Å². The Kier molecular flexibility index (Phi) is 4.66. The van der Waals surface area contributed by atoms with Crippen LogP contribution < -0.4 is 5.32 Å². The van der Waals surface area contributed by atoms with E-state index in [1.165, 1.54) is 12.0 Å². The van der Waals surface area contributed by atoms with Gasteiger partial charge in [0.15, 0.2) is 0 Å². The number of nitrogens with one attached hydrogen (secondary N) is 1. The van der Waals surface area contributed by atoms with Crippen molar-refractivity contribution in [2.24, 2.45) is 5.92 Å². The smallest absolute Gasteiger partial charge is 0.0521 e. The SMILES string of the molecule is CCn1cc(CCC(C)CNC)cn1. The van der Waals surface area contributed by atoms with Gasteiger partial charge in [-0.15, -0.1) is 0 Å². The highest BCUT2D eigenvalue weighted by Crippen LogP contribution is 2.08. The van der Waals surface area contributed by atoms with Gasteiger partial charge in [0.1, 0.15) is 0 Å².